The summed E-state index contributed by atoms with van der Waals surface area (Å²) in [6.07, 6.45) is -0.579. The van der Waals surface area contributed by atoms with Gasteiger partial charge in [-0.2, -0.15) is 0 Å². The number of aliphatic hydroxyl groups excluding tert-OH is 1. The molecule has 0 saturated carbocycles. The Bertz CT molecular complexity index is 1400. The van der Waals surface area contributed by atoms with Gasteiger partial charge in [-0.15, -0.1) is 0 Å². The maximum absolute atomic E-state index is 13.7. The van der Waals surface area contributed by atoms with E-state index in [0.717, 1.165) is 12.1 Å². The van der Waals surface area contributed by atoms with Crippen LogP contribution in [-0.2, 0) is 30.8 Å². The van der Waals surface area contributed by atoms with Crippen LogP contribution >= 0.6 is 0 Å². The van der Waals surface area contributed by atoms with Crippen LogP contribution in [0.25, 0.3) is 0 Å². The Morgan fingerprint density at radius 1 is 0.756 bits per heavy atom. The number of ether oxygens (including phenoxy) is 1. The third-order valence-electron chi connectivity index (χ3n) is 8.38. The van der Waals surface area contributed by atoms with Crippen LogP contribution in [0.2, 0.25) is 0 Å². The number of carbonyl (C=O) groups excluding carboxylic acids is 1. The molecule has 236 valence electrons. The molecule has 45 heavy (non-hydrogen) atoms. The summed E-state index contributed by atoms with van der Waals surface area (Å²) in [6, 6.07) is 40.9. The summed E-state index contributed by atoms with van der Waals surface area (Å²) in [5.41, 5.74) is 4.08. The minimum Gasteiger partial charge on any atom is -0.444 e. The molecule has 3 atom stereocenters. The molecule has 1 fully saturated rings. The van der Waals surface area contributed by atoms with Gasteiger partial charge >= 0.3 is 6.09 Å². The van der Waals surface area contributed by atoms with E-state index in [0.29, 0.717) is 39.1 Å². The van der Waals surface area contributed by atoms with Crippen molar-refractivity contribution in [3.05, 3.63) is 144 Å². The summed E-state index contributed by atoms with van der Waals surface area (Å²) < 4.78 is 5.90. The predicted octanol–water partition coefficient (Wildman–Crippen LogP) is 6.78. The van der Waals surface area contributed by atoms with Crippen molar-refractivity contribution in [3.8, 4) is 0 Å². The number of piperazine rings is 1. The molecule has 1 heterocycles. The zero-order valence-corrected chi connectivity index (χ0v) is 26.8. The lowest BCUT2D eigenvalue weighted by atomic mass is 9.91. The van der Waals surface area contributed by atoms with Crippen molar-refractivity contribution in [2.24, 2.45) is 0 Å². The normalized spacial score (nSPS) is 17.2. The molecule has 1 amide bonds. The van der Waals surface area contributed by atoms with E-state index in [1.54, 1.807) is 4.90 Å². The molecule has 6 nitrogen and oxygen atoms in total. The quantitative estimate of drug-likeness (QED) is 0.204. The minimum atomic E-state index is -0.844. The van der Waals surface area contributed by atoms with E-state index in [-0.39, 0.29) is 12.1 Å². The van der Waals surface area contributed by atoms with Crippen LogP contribution in [0.3, 0.4) is 0 Å². The van der Waals surface area contributed by atoms with Gasteiger partial charge in [-0.25, -0.2) is 4.79 Å². The van der Waals surface area contributed by atoms with Gasteiger partial charge in [-0.3, -0.25) is 14.7 Å². The van der Waals surface area contributed by atoms with Gasteiger partial charge in [-0.1, -0.05) is 121 Å². The lowest BCUT2D eigenvalue weighted by molar-refractivity contribution is -0.0609. The van der Waals surface area contributed by atoms with E-state index in [2.05, 4.69) is 94.7 Å². The van der Waals surface area contributed by atoms with E-state index in [1.807, 2.05) is 57.2 Å². The van der Waals surface area contributed by atoms with E-state index >= 15 is 0 Å². The number of nitrogens with zero attached hydrogens (tertiary/aromatic N) is 3. The Morgan fingerprint density at radius 3 is 1.71 bits per heavy atom. The highest BCUT2D eigenvalue weighted by Crippen LogP contribution is 2.26. The summed E-state index contributed by atoms with van der Waals surface area (Å²) in [5.74, 6) is 0. The molecule has 1 aliphatic rings. The average Bonchev–Trinajstić information content (AvgIpc) is 3.04. The SMILES string of the molecule is CC(C)(C)OC(=O)N1CCN(Cc2ccccc2)C[C@@H]1[C@H](O)[C@@H](Cc1ccccc1)N(Cc1ccccc1)Cc1ccccc1. The number of amides is 1. The van der Waals surface area contributed by atoms with Gasteiger partial charge in [-0.05, 0) is 49.4 Å². The van der Waals surface area contributed by atoms with Crippen molar-refractivity contribution in [2.75, 3.05) is 19.6 Å². The van der Waals surface area contributed by atoms with Crippen molar-refractivity contribution in [1.29, 1.82) is 0 Å². The number of rotatable bonds is 11. The van der Waals surface area contributed by atoms with Gasteiger partial charge in [0.25, 0.3) is 0 Å². The molecule has 0 aliphatic carbocycles. The van der Waals surface area contributed by atoms with Gasteiger partial charge in [0.2, 0.25) is 0 Å². The highest BCUT2D eigenvalue weighted by Gasteiger charge is 2.42. The van der Waals surface area contributed by atoms with Crippen LogP contribution in [-0.4, -0.2) is 69.3 Å². The average molecular weight is 606 g/mol. The Kier molecular flexibility index (Phi) is 11.1. The second-order valence-corrected chi connectivity index (χ2v) is 13.1. The molecule has 0 aromatic heterocycles. The van der Waals surface area contributed by atoms with Crippen molar-refractivity contribution in [2.45, 2.75) is 70.6 Å². The number of hydrogen-bond donors (Lipinski definition) is 1. The molecule has 0 radical (unpaired) electrons. The van der Waals surface area contributed by atoms with E-state index < -0.39 is 17.7 Å². The molecule has 5 rings (SSSR count). The Hall–Kier alpha value is -3.97. The molecular weight excluding hydrogens is 558 g/mol. The summed E-state index contributed by atoms with van der Waals surface area (Å²) in [6.45, 7) is 9.50. The lowest BCUT2D eigenvalue weighted by Gasteiger charge is -2.47. The first kappa shape index (κ1) is 32.4. The fraction of sp³-hybridized carbons (Fsp3) is 0.359. The Morgan fingerprint density at radius 2 is 1.22 bits per heavy atom. The van der Waals surface area contributed by atoms with Crippen LogP contribution in [0.4, 0.5) is 4.79 Å². The highest BCUT2D eigenvalue weighted by atomic mass is 16.6. The van der Waals surface area contributed by atoms with Crippen molar-refractivity contribution in [3.63, 3.8) is 0 Å². The number of hydrogen-bond acceptors (Lipinski definition) is 5. The first-order chi connectivity index (χ1) is 21.7. The minimum absolute atomic E-state index is 0.278. The van der Waals surface area contributed by atoms with Gasteiger partial charge in [0.1, 0.15) is 5.60 Å². The molecule has 0 bridgehead atoms. The molecule has 1 aliphatic heterocycles. The summed E-state index contributed by atoms with van der Waals surface area (Å²) in [5, 5.41) is 12.6. The maximum Gasteiger partial charge on any atom is 0.410 e. The van der Waals surface area contributed by atoms with E-state index in [9.17, 15) is 9.90 Å². The molecule has 0 spiro atoms. The first-order valence-electron chi connectivity index (χ1n) is 16.0. The number of carbonyl (C=O) groups is 1. The van der Waals surface area contributed by atoms with Crippen LogP contribution in [0.15, 0.2) is 121 Å². The number of benzene rings is 4. The zero-order chi connectivity index (χ0) is 31.6. The third-order valence-corrected chi connectivity index (χ3v) is 8.38. The second kappa shape index (κ2) is 15.3. The summed E-state index contributed by atoms with van der Waals surface area (Å²) in [4.78, 5) is 20.2. The van der Waals surface area contributed by atoms with E-state index in [1.165, 1.54) is 16.7 Å². The van der Waals surface area contributed by atoms with Gasteiger partial charge in [0, 0.05) is 45.3 Å². The standard InChI is InChI=1S/C39H47N3O3/c1-39(2,3)45-38(44)42-25-24-40(27-32-18-10-5-11-19-32)30-36(42)37(43)35(26-31-16-8-4-9-17-31)41(28-33-20-12-6-13-21-33)29-34-22-14-7-15-23-34/h4-23,35-37,43H,24-30H2,1-3H3/t35-,36-,37-/m1/s1. The fourth-order valence-corrected chi connectivity index (χ4v) is 6.20. The Labute approximate surface area is 268 Å². The molecule has 0 unspecified atom stereocenters. The van der Waals surface area contributed by atoms with E-state index in [4.69, 9.17) is 4.74 Å². The molecule has 1 saturated heterocycles. The van der Waals surface area contributed by atoms with Gasteiger partial charge in [0.05, 0.1) is 12.1 Å². The Balaban J connectivity index is 1.51. The van der Waals surface area contributed by atoms with Crippen molar-refractivity contribution >= 4 is 6.09 Å². The maximum atomic E-state index is 13.7. The fourth-order valence-electron chi connectivity index (χ4n) is 6.20. The van der Waals surface area contributed by atoms with Gasteiger partial charge < -0.3 is 9.84 Å². The molecule has 4 aromatic carbocycles. The first-order valence-corrected chi connectivity index (χ1v) is 16.0. The highest BCUT2D eigenvalue weighted by molar-refractivity contribution is 5.69. The second-order valence-electron chi connectivity index (χ2n) is 13.1. The zero-order valence-electron chi connectivity index (χ0n) is 26.8. The topological polar surface area (TPSA) is 56.3 Å². The van der Waals surface area contributed by atoms with Crippen LogP contribution in [0, 0.1) is 0 Å². The summed E-state index contributed by atoms with van der Waals surface area (Å²) >= 11 is 0. The molecule has 4 aromatic rings. The third kappa shape index (κ3) is 9.51. The van der Waals surface area contributed by atoms with Crippen molar-refractivity contribution in [1.82, 2.24) is 14.7 Å². The lowest BCUT2D eigenvalue weighted by Crippen LogP contribution is -2.64. The molecule has 1 N–H and O–H groups in total. The molecule has 6 heteroatoms. The van der Waals surface area contributed by atoms with Crippen LogP contribution in [0.5, 0.6) is 0 Å². The largest absolute Gasteiger partial charge is 0.444 e. The smallest absolute Gasteiger partial charge is 0.410 e. The van der Waals surface area contributed by atoms with Crippen LogP contribution in [0.1, 0.15) is 43.0 Å². The number of aliphatic hydroxyl groups is 1. The predicted molar refractivity (Wildman–Crippen MR) is 181 cm³/mol. The van der Waals surface area contributed by atoms with Gasteiger partial charge in [0.15, 0.2) is 0 Å². The molecular formula is C39H47N3O3. The summed E-state index contributed by atoms with van der Waals surface area (Å²) in [7, 11) is 0. The monoisotopic (exact) mass is 605 g/mol. The van der Waals surface area contributed by atoms with Crippen LogP contribution < -0.4 is 0 Å². The van der Waals surface area contributed by atoms with Crippen molar-refractivity contribution < 1.29 is 14.6 Å².